The van der Waals surface area contributed by atoms with E-state index in [2.05, 4.69) is 85.2 Å². The number of aryl methyl sites for hydroxylation is 1. The van der Waals surface area contributed by atoms with E-state index in [1.165, 1.54) is 5.56 Å². The quantitative estimate of drug-likeness (QED) is 0.162. The lowest BCUT2D eigenvalue weighted by Gasteiger charge is -2.40. The van der Waals surface area contributed by atoms with Crippen molar-refractivity contribution in [2.75, 3.05) is 36.0 Å². The lowest BCUT2D eigenvalue weighted by atomic mass is 9.92. The first-order valence-corrected chi connectivity index (χ1v) is 19.4. The molecule has 2 aliphatic rings. The van der Waals surface area contributed by atoms with Crippen LogP contribution in [0.25, 0.3) is 44.3 Å². The Morgan fingerprint density at radius 1 is 0.525 bits per heavy atom. The van der Waals surface area contributed by atoms with Crippen molar-refractivity contribution < 1.29 is 9.59 Å². The number of nitrogens with two attached hydrogens (primary N) is 2. The lowest BCUT2D eigenvalue weighted by Crippen LogP contribution is -2.46. The van der Waals surface area contributed by atoms with Gasteiger partial charge in [-0.15, -0.1) is 0 Å². The molecule has 4 aromatic heterocycles. The zero-order valence-corrected chi connectivity index (χ0v) is 32.3. The minimum absolute atomic E-state index is 0.251. The highest BCUT2D eigenvalue weighted by Crippen LogP contribution is 2.36. The summed E-state index contributed by atoms with van der Waals surface area (Å²) in [6.07, 6.45) is 6.82. The number of carbonyl (C=O) groups is 2. The maximum absolute atomic E-state index is 11.6. The molecule has 2 amide bonds. The van der Waals surface area contributed by atoms with E-state index in [4.69, 9.17) is 21.4 Å². The third kappa shape index (κ3) is 7.63. The van der Waals surface area contributed by atoms with Crippen molar-refractivity contribution in [1.29, 1.82) is 0 Å². The SMILES string of the molecule is Cc1ccc2nc(N3CC(c4nccnc4-c4cccc(C(N)=O)c4)C3)ccc2c1.NC(=O)c1ccc(-c2nccnc2C2CN(c3ccc4ccccc4n3)C2)cc1. The van der Waals surface area contributed by atoms with Gasteiger partial charge in [-0.3, -0.25) is 29.5 Å². The number of primary amides is 2. The molecule has 12 nitrogen and oxygen atoms in total. The van der Waals surface area contributed by atoms with Crippen LogP contribution in [0.1, 0.15) is 49.5 Å². The highest BCUT2D eigenvalue weighted by Gasteiger charge is 2.34. The van der Waals surface area contributed by atoms with Gasteiger partial charge in [0.15, 0.2) is 0 Å². The fourth-order valence-electron chi connectivity index (χ4n) is 7.67. The molecule has 59 heavy (non-hydrogen) atoms. The second-order valence-electron chi connectivity index (χ2n) is 14.9. The van der Waals surface area contributed by atoms with Crippen LogP contribution in [-0.2, 0) is 0 Å². The van der Waals surface area contributed by atoms with Gasteiger partial charge in [-0.05, 0) is 73.7 Å². The second-order valence-corrected chi connectivity index (χ2v) is 14.9. The summed E-state index contributed by atoms with van der Waals surface area (Å²) in [5.74, 6) is 1.60. The molecule has 0 bridgehead atoms. The van der Waals surface area contributed by atoms with Gasteiger partial charge in [0.25, 0.3) is 0 Å². The Kier molecular flexibility index (Phi) is 9.87. The first-order valence-electron chi connectivity index (χ1n) is 19.4. The molecule has 0 atom stereocenters. The van der Waals surface area contributed by atoms with E-state index in [1.807, 2.05) is 42.5 Å². The van der Waals surface area contributed by atoms with Crippen LogP contribution in [0.5, 0.6) is 0 Å². The van der Waals surface area contributed by atoms with Gasteiger partial charge in [0, 0.05) is 95.8 Å². The minimum Gasteiger partial charge on any atom is -0.366 e. The fourth-order valence-corrected chi connectivity index (χ4v) is 7.67. The predicted octanol–water partition coefficient (Wildman–Crippen LogP) is 7.10. The van der Waals surface area contributed by atoms with Crippen molar-refractivity contribution in [1.82, 2.24) is 29.9 Å². The third-order valence-electron chi connectivity index (χ3n) is 10.9. The van der Waals surface area contributed by atoms with Crippen molar-refractivity contribution in [2.24, 2.45) is 11.5 Å². The van der Waals surface area contributed by atoms with Crippen LogP contribution in [0.4, 0.5) is 11.6 Å². The number of rotatable bonds is 8. The van der Waals surface area contributed by atoms with Gasteiger partial charge in [0.2, 0.25) is 11.8 Å². The van der Waals surface area contributed by atoms with Crippen LogP contribution < -0.4 is 21.3 Å². The molecule has 2 fully saturated rings. The number of amides is 2. The van der Waals surface area contributed by atoms with E-state index in [-0.39, 0.29) is 11.8 Å². The largest absolute Gasteiger partial charge is 0.366 e. The molecule has 2 saturated heterocycles. The molecule has 0 spiro atoms. The van der Waals surface area contributed by atoms with Crippen LogP contribution in [0.15, 0.2) is 140 Å². The van der Waals surface area contributed by atoms with Gasteiger partial charge in [-0.2, -0.15) is 0 Å². The molecule has 10 rings (SSSR count). The smallest absolute Gasteiger partial charge is 0.248 e. The van der Waals surface area contributed by atoms with E-state index in [0.29, 0.717) is 11.1 Å². The summed E-state index contributed by atoms with van der Waals surface area (Å²) >= 11 is 0. The summed E-state index contributed by atoms with van der Waals surface area (Å²) in [6, 6.07) is 37.2. The van der Waals surface area contributed by atoms with E-state index >= 15 is 0 Å². The molecule has 0 radical (unpaired) electrons. The average Bonchev–Trinajstić information content (AvgIpc) is 3.23. The lowest BCUT2D eigenvalue weighted by molar-refractivity contribution is 0.0992. The van der Waals surface area contributed by atoms with Gasteiger partial charge in [0.05, 0.1) is 33.8 Å². The molecule has 290 valence electrons. The number of hydrogen-bond donors (Lipinski definition) is 2. The number of anilines is 2. The molecule has 4 N–H and O–H groups in total. The summed E-state index contributed by atoms with van der Waals surface area (Å²) < 4.78 is 0. The predicted molar refractivity (Wildman–Crippen MR) is 230 cm³/mol. The van der Waals surface area contributed by atoms with Gasteiger partial charge < -0.3 is 21.3 Å². The maximum atomic E-state index is 11.6. The van der Waals surface area contributed by atoms with Crippen molar-refractivity contribution >= 4 is 45.3 Å². The number of aromatic nitrogens is 6. The Balaban J connectivity index is 0.000000152. The summed E-state index contributed by atoms with van der Waals surface area (Å²) in [5.41, 5.74) is 20.3. The highest BCUT2D eigenvalue weighted by molar-refractivity contribution is 5.94. The number of benzene rings is 4. The van der Waals surface area contributed by atoms with Crippen LogP contribution in [0.2, 0.25) is 0 Å². The van der Waals surface area contributed by atoms with Crippen molar-refractivity contribution in [3.8, 4) is 22.5 Å². The first-order chi connectivity index (χ1) is 28.8. The van der Waals surface area contributed by atoms with Crippen molar-refractivity contribution in [2.45, 2.75) is 18.8 Å². The standard InChI is InChI=1S/C24H21N5O.C23H19N5O/c1-15-5-7-20-16(11-15)6-8-21(28-20)29-13-19(14-29)23-22(26-9-10-27-23)17-3-2-4-18(12-17)24(25)30;24-23(29)17-7-5-16(6-8-17)21-22(26-12-11-25-21)18-13-28(14-18)20-10-9-15-3-1-2-4-19(15)27-20/h2-12,19H,13-14H2,1H3,(H2,25,30);1-12,18H,13-14H2,(H2,24,29). The Morgan fingerprint density at radius 2 is 1.08 bits per heavy atom. The molecule has 8 aromatic rings. The Bertz CT molecular complexity index is 2850. The second kappa shape index (κ2) is 15.7. The zero-order chi connectivity index (χ0) is 40.5. The van der Waals surface area contributed by atoms with E-state index in [9.17, 15) is 9.59 Å². The number of fused-ring (bicyclic) bond motifs is 2. The molecular weight excluding hydrogens is 737 g/mol. The summed E-state index contributed by atoms with van der Waals surface area (Å²) in [6.45, 7) is 5.43. The number of para-hydroxylation sites is 1. The topological polar surface area (TPSA) is 170 Å². The van der Waals surface area contributed by atoms with Crippen LogP contribution in [0, 0.1) is 6.92 Å². The van der Waals surface area contributed by atoms with Crippen molar-refractivity contribution in [3.05, 3.63) is 168 Å². The van der Waals surface area contributed by atoms with Crippen LogP contribution in [0.3, 0.4) is 0 Å². The van der Waals surface area contributed by atoms with Crippen LogP contribution in [-0.4, -0.2) is 67.9 Å². The van der Waals surface area contributed by atoms with Gasteiger partial charge in [-0.1, -0.05) is 54.1 Å². The van der Waals surface area contributed by atoms with E-state index in [1.54, 1.807) is 49.1 Å². The first kappa shape index (κ1) is 37.0. The van der Waals surface area contributed by atoms with Gasteiger partial charge >= 0.3 is 0 Å². The van der Waals surface area contributed by atoms with Gasteiger partial charge in [0.1, 0.15) is 11.6 Å². The summed E-state index contributed by atoms with van der Waals surface area (Å²) in [4.78, 5) is 55.3. The Hall–Kier alpha value is -7.60. The number of pyridine rings is 2. The van der Waals surface area contributed by atoms with E-state index in [0.717, 1.165) is 93.5 Å². The fraction of sp³-hybridized carbons (Fsp3) is 0.149. The Labute approximate surface area is 340 Å². The number of hydrogen-bond acceptors (Lipinski definition) is 10. The maximum Gasteiger partial charge on any atom is 0.248 e. The van der Waals surface area contributed by atoms with Crippen molar-refractivity contribution in [3.63, 3.8) is 0 Å². The monoisotopic (exact) mass is 776 g/mol. The zero-order valence-electron chi connectivity index (χ0n) is 32.3. The molecule has 12 heteroatoms. The normalized spacial score (nSPS) is 14.0. The number of carbonyl (C=O) groups excluding carboxylic acids is 2. The van der Waals surface area contributed by atoms with Gasteiger partial charge in [-0.25, -0.2) is 9.97 Å². The molecule has 0 aliphatic carbocycles. The number of nitrogens with zero attached hydrogens (tertiary/aromatic N) is 8. The molecule has 0 unspecified atom stereocenters. The molecule has 0 saturated carbocycles. The molecule has 4 aromatic carbocycles. The van der Waals surface area contributed by atoms with Crippen LogP contribution >= 0.6 is 0 Å². The molecule has 2 aliphatic heterocycles. The summed E-state index contributed by atoms with van der Waals surface area (Å²) in [5, 5.41) is 2.30. The average molecular weight is 777 g/mol. The molecular formula is C47H40N10O2. The third-order valence-corrected chi connectivity index (χ3v) is 10.9. The highest BCUT2D eigenvalue weighted by atomic mass is 16.1. The summed E-state index contributed by atoms with van der Waals surface area (Å²) in [7, 11) is 0. The minimum atomic E-state index is -0.449. The van der Waals surface area contributed by atoms with E-state index < -0.39 is 11.8 Å². The Morgan fingerprint density at radius 3 is 1.71 bits per heavy atom. The molecule has 6 heterocycles.